The zero-order valence-corrected chi connectivity index (χ0v) is 13.8. The first-order chi connectivity index (χ1) is 8.61. The second kappa shape index (κ2) is 6.19. The highest BCUT2D eigenvalue weighted by molar-refractivity contribution is 9.11. The Kier molecular flexibility index (Phi) is 4.84. The first-order valence-electron chi connectivity index (χ1n) is 5.53. The molecular weight excluding hydrogens is 378 g/mol. The largest absolute Gasteiger partial charge is 0.494 e. The van der Waals surface area contributed by atoms with Gasteiger partial charge in [0.1, 0.15) is 5.75 Å². The van der Waals surface area contributed by atoms with Crippen molar-refractivity contribution in [2.45, 2.75) is 13.0 Å². The van der Waals surface area contributed by atoms with Gasteiger partial charge >= 0.3 is 0 Å². The lowest BCUT2D eigenvalue weighted by atomic mass is 10.0. The molecule has 0 aliphatic carbocycles. The highest BCUT2D eigenvalue weighted by Crippen LogP contribution is 2.34. The van der Waals surface area contributed by atoms with E-state index in [-0.39, 0.29) is 6.04 Å². The molecule has 5 heteroatoms. The van der Waals surface area contributed by atoms with Gasteiger partial charge in [-0.15, -0.1) is 11.3 Å². The fraction of sp³-hybridized carbons (Fsp3) is 0.231. The molecule has 2 nitrogen and oxygen atoms in total. The van der Waals surface area contributed by atoms with Crippen molar-refractivity contribution in [1.82, 2.24) is 0 Å². The maximum atomic E-state index is 6.31. The van der Waals surface area contributed by atoms with E-state index in [2.05, 4.69) is 37.2 Å². The van der Waals surface area contributed by atoms with E-state index in [9.17, 15) is 0 Å². The molecule has 18 heavy (non-hydrogen) atoms. The molecule has 0 radical (unpaired) electrons. The predicted molar refractivity (Wildman–Crippen MR) is 83.4 cm³/mol. The van der Waals surface area contributed by atoms with Gasteiger partial charge in [-0.3, -0.25) is 0 Å². The lowest BCUT2D eigenvalue weighted by Crippen LogP contribution is -2.12. The van der Waals surface area contributed by atoms with Crippen LogP contribution in [0.15, 0.2) is 37.9 Å². The SMILES string of the molecule is CCOc1ccc(Br)cc1C(N)c1csc(Br)c1. The molecule has 2 N–H and O–H groups in total. The predicted octanol–water partition coefficient (Wildman–Crippen LogP) is 4.72. The number of thiophene rings is 1. The first-order valence-corrected chi connectivity index (χ1v) is 8.00. The number of benzene rings is 1. The molecule has 2 aromatic rings. The molecule has 0 saturated heterocycles. The van der Waals surface area contributed by atoms with E-state index >= 15 is 0 Å². The van der Waals surface area contributed by atoms with Gasteiger partial charge in [0, 0.05) is 10.0 Å². The average Bonchev–Trinajstić information content (AvgIpc) is 2.77. The van der Waals surface area contributed by atoms with Crippen LogP contribution in [0.5, 0.6) is 5.75 Å². The summed E-state index contributed by atoms with van der Waals surface area (Å²) in [6.07, 6.45) is 0. The number of hydrogen-bond donors (Lipinski definition) is 1. The molecule has 0 aliphatic rings. The minimum Gasteiger partial charge on any atom is -0.494 e. The summed E-state index contributed by atoms with van der Waals surface area (Å²) in [5.74, 6) is 0.843. The molecule has 1 atom stereocenters. The smallest absolute Gasteiger partial charge is 0.124 e. The van der Waals surface area contributed by atoms with Crippen molar-refractivity contribution in [2.75, 3.05) is 6.61 Å². The van der Waals surface area contributed by atoms with Gasteiger partial charge < -0.3 is 10.5 Å². The van der Waals surface area contributed by atoms with Crippen molar-refractivity contribution >= 4 is 43.2 Å². The summed E-state index contributed by atoms with van der Waals surface area (Å²) in [6, 6.07) is 7.80. The van der Waals surface area contributed by atoms with Crippen molar-refractivity contribution < 1.29 is 4.74 Å². The second-order valence-electron chi connectivity index (χ2n) is 3.78. The average molecular weight is 391 g/mol. The number of nitrogens with two attached hydrogens (primary N) is 1. The zero-order valence-electron chi connectivity index (χ0n) is 9.82. The van der Waals surface area contributed by atoms with Crippen LogP contribution in [-0.2, 0) is 0 Å². The van der Waals surface area contributed by atoms with E-state index < -0.39 is 0 Å². The maximum Gasteiger partial charge on any atom is 0.124 e. The Morgan fingerprint density at radius 3 is 2.72 bits per heavy atom. The number of ether oxygens (including phenoxy) is 1. The van der Waals surface area contributed by atoms with Crippen LogP contribution in [0.25, 0.3) is 0 Å². The van der Waals surface area contributed by atoms with Crippen LogP contribution in [-0.4, -0.2) is 6.61 Å². The van der Waals surface area contributed by atoms with E-state index in [1.165, 1.54) is 0 Å². The van der Waals surface area contributed by atoms with Crippen molar-refractivity contribution in [3.05, 3.63) is 49.0 Å². The monoisotopic (exact) mass is 389 g/mol. The fourth-order valence-corrected chi connectivity index (χ4v) is 3.31. The minimum absolute atomic E-state index is 0.174. The van der Waals surface area contributed by atoms with Gasteiger partial charge in [0.25, 0.3) is 0 Å². The zero-order chi connectivity index (χ0) is 13.1. The Morgan fingerprint density at radius 2 is 2.11 bits per heavy atom. The molecule has 1 aromatic heterocycles. The Bertz CT molecular complexity index is 542. The van der Waals surface area contributed by atoms with E-state index in [0.717, 1.165) is 25.1 Å². The molecule has 0 spiro atoms. The highest BCUT2D eigenvalue weighted by Gasteiger charge is 2.16. The van der Waals surface area contributed by atoms with Gasteiger partial charge in [-0.05, 0) is 58.1 Å². The summed E-state index contributed by atoms with van der Waals surface area (Å²) >= 11 is 8.57. The van der Waals surface area contributed by atoms with Crippen LogP contribution in [0.3, 0.4) is 0 Å². The van der Waals surface area contributed by atoms with E-state index in [1.54, 1.807) is 11.3 Å². The molecule has 1 heterocycles. The van der Waals surface area contributed by atoms with Crippen LogP contribution in [0, 0.1) is 0 Å². The van der Waals surface area contributed by atoms with Gasteiger partial charge in [-0.2, -0.15) is 0 Å². The molecular formula is C13H13Br2NOS. The van der Waals surface area contributed by atoms with Crippen LogP contribution < -0.4 is 10.5 Å². The van der Waals surface area contributed by atoms with Gasteiger partial charge in [0.15, 0.2) is 0 Å². The van der Waals surface area contributed by atoms with Crippen LogP contribution >= 0.6 is 43.2 Å². The number of rotatable bonds is 4. The summed E-state index contributed by atoms with van der Waals surface area (Å²) in [5.41, 5.74) is 8.40. The Morgan fingerprint density at radius 1 is 1.33 bits per heavy atom. The lowest BCUT2D eigenvalue weighted by molar-refractivity contribution is 0.335. The van der Waals surface area contributed by atoms with E-state index in [0.29, 0.717) is 6.61 Å². The lowest BCUT2D eigenvalue weighted by Gasteiger charge is -2.16. The second-order valence-corrected chi connectivity index (χ2v) is 6.98. The normalized spacial score (nSPS) is 12.4. The third kappa shape index (κ3) is 3.15. The summed E-state index contributed by atoms with van der Waals surface area (Å²) in [6.45, 7) is 2.60. The highest BCUT2D eigenvalue weighted by atomic mass is 79.9. The fourth-order valence-electron chi connectivity index (χ4n) is 1.72. The first kappa shape index (κ1) is 14.1. The van der Waals surface area contributed by atoms with Crippen LogP contribution in [0.4, 0.5) is 0 Å². The van der Waals surface area contributed by atoms with Gasteiger partial charge in [-0.25, -0.2) is 0 Å². The molecule has 0 fully saturated rings. The minimum atomic E-state index is -0.174. The van der Waals surface area contributed by atoms with Crippen LogP contribution in [0.2, 0.25) is 0 Å². The number of hydrogen-bond acceptors (Lipinski definition) is 3. The molecule has 0 aliphatic heterocycles. The van der Waals surface area contributed by atoms with Crippen molar-refractivity contribution in [3.8, 4) is 5.75 Å². The van der Waals surface area contributed by atoms with Crippen molar-refractivity contribution in [1.29, 1.82) is 0 Å². The van der Waals surface area contributed by atoms with Crippen molar-refractivity contribution in [2.24, 2.45) is 5.73 Å². The van der Waals surface area contributed by atoms with Crippen molar-refractivity contribution in [3.63, 3.8) is 0 Å². The molecule has 1 aromatic carbocycles. The summed E-state index contributed by atoms with van der Waals surface area (Å²) in [7, 11) is 0. The van der Waals surface area contributed by atoms with Gasteiger partial charge in [0.2, 0.25) is 0 Å². The summed E-state index contributed by atoms with van der Waals surface area (Å²) in [5, 5.41) is 2.06. The molecule has 0 saturated carbocycles. The maximum absolute atomic E-state index is 6.31. The van der Waals surface area contributed by atoms with Crippen LogP contribution in [0.1, 0.15) is 24.1 Å². The molecule has 0 bridgehead atoms. The molecule has 1 unspecified atom stereocenters. The molecule has 0 amide bonds. The van der Waals surface area contributed by atoms with E-state index in [1.807, 2.05) is 31.2 Å². The topological polar surface area (TPSA) is 35.2 Å². The standard InChI is InChI=1S/C13H13Br2NOS/c1-2-17-11-4-3-9(14)6-10(11)13(16)8-5-12(15)18-7-8/h3-7,13H,2,16H2,1H3. The Hall–Kier alpha value is -0.360. The molecule has 2 rings (SSSR count). The van der Waals surface area contributed by atoms with Gasteiger partial charge in [-0.1, -0.05) is 15.9 Å². The third-order valence-electron chi connectivity index (χ3n) is 2.55. The molecule has 96 valence electrons. The number of halogens is 2. The summed E-state index contributed by atoms with van der Waals surface area (Å²) in [4.78, 5) is 0. The van der Waals surface area contributed by atoms with E-state index in [4.69, 9.17) is 10.5 Å². The van der Waals surface area contributed by atoms with Gasteiger partial charge in [0.05, 0.1) is 16.4 Å². The quantitative estimate of drug-likeness (QED) is 0.819. The summed E-state index contributed by atoms with van der Waals surface area (Å²) < 4.78 is 7.72. The Labute approximate surface area is 127 Å². The Balaban J connectivity index is 2.39. The third-order valence-corrected chi connectivity index (χ3v) is 4.57.